The van der Waals surface area contributed by atoms with E-state index in [0.29, 0.717) is 28.6 Å². The number of ether oxygens (including phenoxy) is 3. The molecule has 1 saturated heterocycles. The van der Waals surface area contributed by atoms with Crippen LogP contribution in [0.2, 0.25) is 5.02 Å². The van der Waals surface area contributed by atoms with Crippen LogP contribution in [-0.2, 0) is 0 Å². The maximum Gasteiger partial charge on any atom is 0.251 e. The van der Waals surface area contributed by atoms with E-state index < -0.39 is 0 Å². The Labute approximate surface area is 175 Å². The molecule has 2 aliphatic rings. The van der Waals surface area contributed by atoms with Crippen molar-refractivity contribution >= 4 is 17.5 Å². The average Bonchev–Trinajstić information content (AvgIpc) is 3.24. The van der Waals surface area contributed by atoms with Crippen LogP contribution in [0.4, 0.5) is 0 Å². The summed E-state index contributed by atoms with van der Waals surface area (Å²) in [5.41, 5.74) is 1.63. The van der Waals surface area contributed by atoms with Crippen molar-refractivity contribution in [3.8, 4) is 17.2 Å². The molecular formula is C22H25ClN2O4. The van der Waals surface area contributed by atoms with Crippen molar-refractivity contribution in [3.05, 3.63) is 52.5 Å². The van der Waals surface area contributed by atoms with E-state index >= 15 is 0 Å². The molecular weight excluding hydrogens is 392 g/mol. The zero-order valence-electron chi connectivity index (χ0n) is 16.4. The number of nitrogens with zero attached hydrogens (tertiary/aromatic N) is 1. The van der Waals surface area contributed by atoms with Crippen molar-refractivity contribution in [2.75, 3.05) is 33.5 Å². The third kappa shape index (κ3) is 4.43. The first-order valence-electron chi connectivity index (χ1n) is 9.91. The molecule has 0 radical (unpaired) electrons. The highest BCUT2D eigenvalue weighted by molar-refractivity contribution is 6.32. The number of carbonyl (C=O) groups excluding carboxylic acids is 1. The van der Waals surface area contributed by atoms with Crippen molar-refractivity contribution in [2.45, 2.75) is 25.3 Å². The molecule has 2 aromatic carbocycles. The molecule has 1 unspecified atom stereocenters. The number of hydrogen-bond acceptors (Lipinski definition) is 5. The first kappa shape index (κ1) is 19.9. The second kappa shape index (κ2) is 8.93. The topological polar surface area (TPSA) is 60.0 Å². The van der Waals surface area contributed by atoms with E-state index in [0.717, 1.165) is 24.4 Å². The van der Waals surface area contributed by atoms with Crippen molar-refractivity contribution in [1.29, 1.82) is 0 Å². The predicted molar refractivity (Wildman–Crippen MR) is 111 cm³/mol. The van der Waals surface area contributed by atoms with Crippen LogP contribution in [0.5, 0.6) is 17.2 Å². The largest absolute Gasteiger partial charge is 0.497 e. The van der Waals surface area contributed by atoms with Crippen LogP contribution in [0.1, 0.15) is 41.2 Å². The molecule has 1 amide bonds. The van der Waals surface area contributed by atoms with Crippen LogP contribution >= 0.6 is 11.6 Å². The fourth-order valence-corrected chi connectivity index (χ4v) is 4.17. The molecule has 7 heteroatoms. The fraction of sp³-hybridized carbons (Fsp3) is 0.409. The van der Waals surface area contributed by atoms with E-state index in [1.165, 1.54) is 19.3 Å². The normalized spacial score (nSPS) is 17.0. The van der Waals surface area contributed by atoms with E-state index in [1.807, 2.05) is 12.1 Å². The molecule has 0 saturated carbocycles. The Morgan fingerprint density at radius 3 is 2.66 bits per heavy atom. The van der Waals surface area contributed by atoms with Crippen molar-refractivity contribution in [3.63, 3.8) is 0 Å². The Kier molecular flexibility index (Phi) is 6.11. The molecule has 4 rings (SSSR count). The van der Waals surface area contributed by atoms with Gasteiger partial charge in [0.1, 0.15) is 5.75 Å². The van der Waals surface area contributed by atoms with Crippen molar-refractivity contribution < 1.29 is 19.0 Å². The van der Waals surface area contributed by atoms with Crippen LogP contribution in [-0.4, -0.2) is 44.3 Å². The molecule has 1 atom stereocenters. The van der Waals surface area contributed by atoms with Crippen LogP contribution in [0.25, 0.3) is 0 Å². The van der Waals surface area contributed by atoms with E-state index in [-0.39, 0.29) is 18.7 Å². The molecule has 0 bridgehead atoms. The van der Waals surface area contributed by atoms with Crippen LogP contribution < -0.4 is 19.5 Å². The van der Waals surface area contributed by atoms with Gasteiger partial charge >= 0.3 is 0 Å². The van der Waals surface area contributed by atoms with Gasteiger partial charge in [-0.2, -0.15) is 0 Å². The molecule has 1 N–H and O–H groups in total. The molecule has 154 valence electrons. The quantitative estimate of drug-likeness (QED) is 0.770. The van der Waals surface area contributed by atoms with Crippen molar-refractivity contribution in [2.24, 2.45) is 0 Å². The Balaban J connectivity index is 1.50. The van der Waals surface area contributed by atoms with Crippen LogP contribution in [0.3, 0.4) is 0 Å². The van der Waals surface area contributed by atoms with Gasteiger partial charge in [0.2, 0.25) is 6.79 Å². The number of likely N-dealkylation sites (tertiary alicyclic amines) is 1. The maximum atomic E-state index is 12.8. The van der Waals surface area contributed by atoms with Crippen molar-refractivity contribution in [1.82, 2.24) is 10.2 Å². The third-order valence-corrected chi connectivity index (χ3v) is 5.76. The van der Waals surface area contributed by atoms with E-state index in [4.69, 9.17) is 25.8 Å². The van der Waals surface area contributed by atoms with Gasteiger partial charge in [0, 0.05) is 12.1 Å². The lowest BCUT2D eigenvalue weighted by atomic mass is 10.0. The summed E-state index contributed by atoms with van der Waals surface area (Å²) in [5.74, 6) is 1.64. The number of nitrogens with one attached hydrogen (secondary N) is 1. The number of piperidine rings is 1. The van der Waals surface area contributed by atoms with Gasteiger partial charge < -0.3 is 19.5 Å². The lowest BCUT2D eigenvalue weighted by Gasteiger charge is -2.35. The number of rotatable bonds is 6. The first-order valence-corrected chi connectivity index (χ1v) is 10.3. The standard InChI is InChI=1S/C22H25ClN2O4/c1-27-17-7-5-15(6-8-17)19(25-9-3-2-4-10-25)13-24-22(26)16-11-18(23)21-20(12-16)28-14-29-21/h5-8,11-12,19H,2-4,9-10,13-14H2,1H3,(H,24,26). The second-order valence-electron chi connectivity index (χ2n) is 7.29. The number of amides is 1. The fourth-order valence-electron chi connectivity index (χ4n) is 3.90. The lowest BCUT2D eigenvalue weighted by molar-refractivity contribution is 0.0924. The summed E-state index contributed by atoms with van der Waals surface area (Å²) in [7, 11) is 1.66. The van der Waals surface area contributed by atoms with Gasteiger partial charge in [-0.05, 0) is 55.8 Å². The first-order chi connectivity index (χ1) is 14.2. The van der Waals surface area contributed by atoms with Gasteiger partial charge in [-0.25, -0.2) is 0 Å². The maximum absolute atomic E-state index is 12.8. The van der Waals surface area contributed by atoms with E-state index in [9.17, 15) is 4.79 Å². The number of methoxy groups -OCH3 is 1. The SMILES string of the molecule is COc1ccc(C(CNC(=O)c2cc(Cl)c3c(c2)OCO3)N2CCCCC2)cc1. The molecule has 0 spiro atoms. The number of carbonyl (C=O) groups is 1. The molecule has 0 aromatic heterocycles. The number of halogens is 1. The Morgan fingerprint density at radius 1 is 1.17 bits per heavy atom. The van der Waals surface area contributed by atoms with Crippen LogP contribution in [0.15, 0.2) is 36.4 Å². The summed E-state index contributed by atoms with van der Waals surface area (Å²) in [6.07, 6.45) is 3.62. The third-order valence-electron chi connectivity index (χ3n) is 5.48. The zero-order valence-corrected chi connectivity index (χ0v) is 17.2. The van der Waals surface area contributed by atoms with Gasteiger partial charge in [-0.15, -0.1) is 0 Å². The minimum absolute atomic E-state index is 0.106. The summed E-state index contributed by atoms with van der Waals surface area (Å²) in [5, 5.41) is 3.46. The Morgan fingerprint density at radius 2 is 1.93 bits per heavy atom. The molecule has 6 nitrogen and oxygen atoms in total. The molecule has 2 heterocycles. The highest BCUT2D eigenvalue weighted by Crippen LogP contribution is 2.39. The van der Waals surface area contributed by atoms with Gasteiger partial charge in [0.25, 0.3) is 5.91 Å². The van der Waals surface area contributed by atoms with Gasteiger partial charge in [0.15, 0.2) is 11.5 Å². The molecule has 29 heavy (non-hydrogen) atoms. The Bertz CT molecular complexity index is 866. The summed E-state index contributed by atoms with van der Waals surface area (Å²) >= 11 is 6.22. The molecule has 1 fully saturated rings. The molecule has 2 aliphatic heterocycles. The van der Waals surface area contributed by atoms with E-state index in [1.54, 1.807) is 19.2 Å². The number of fused-ring (bicyclic) bond motifs is 1. The smallest absolute Gasteiger partial charge is 0.251 e. The van der Waals surface area contributed by atoms with Gasteiger partial charge in [0.05, 0.1) is 18.2 Å². The lowest BCUT2D eigenvalue weighted by Crippen LogP contribution is -2.40. The number of benzene rings is 2. The monoisotopic (exact) mass is 416 g/mol. The van der Waals surface area contributed by atoms with Crippen LogP contribution in [0, 0.1) is 0 Å². The molecule has 2 aromatic rings. The highest BCUT2D eigenvalue weighted by atomic mass is 35.5. The summed E-state index contributed by atoms with van der Waals surface area (Å²) < 4.78 is 16.0. The molecule has 0 aliphatic carbocycles. The zero-order chi connectivity index (χ0) is 20.2. The Hall–Kier alpha value is -2.44. The minimum Gasteiger partial charge on any atom is -0.497 e. The van der Waals surface area contributed by atoms with Gasteiger partial charge in [-0.1, -0.05) is 30.2 Å². The van der Waals surface area contributed by atoms with E-state index in [2.05, 4.69) is 22.3 Å². The van der Waals surface area contributed by atoms with Gasteiger partial charge in [-0.3, -0.25) is 9.69 Å². The average molecular weight is 417 g/mol. The summed E-state index contributed by atoms with van der Waals surface area (Å²) in [6.45, 7) is 2.69. The minimum atomic E-state index is -0.180. The predicted octanol–water partition coefficient (Wildman–Crippen LogP) is 4.03. The second-order valence-corrected chi connectivity index (χ2v) is 7.69. The summed E-state index contributed by atoms with van der Waals surface area (Å²) in [6, 6.07) is 11.5. The summed E-state index contributed by atoms with van der Waals surface area (Å²) in [4.78, 5) is 15.3. The number of hydrogen-bond donors (Lipinski definition) is 1. The highest BCUT2D eigenvalue weighted by Gasteiger charge is 2.25.